The van der Waals surface area contributed by atoms with Gasteiger partial charge in [-0.2, -0.15) is 0 Å². The predicted molar refractivity (Wildman–Crippen MR) is 93.2 cm³/mol. The number of likely N-dealkylation sites (tertiary alicyclic amines) is 1. The Morgan fingerprint density at radius 1 is 1.25 bits per heavy atom. The van der Waals surface area contributed by atoms with Gasteiger partial charge in [-0.3, -0.25) is 4.98 Å². The Labute approximate surface area is 141 Å². The molecule has 5 heteroatoms. The van der Waals surface area contributed by atoms with Gasteiger partial charge in [-0.05, 0) is 38.0 Å². The van der Waals surface area contributed by atoms with Crippen LogP contribution in [0.3, 0.4) is 0 Å². The Morgan fingerprint density at radius 2 is 2.00 bits per heavy atom. The Kier molecular flexibility index (Phi) is 4.89. The molecule has 1 aromatic heterocycles. The fraction of sp³-hybridized carbons (Fsp3) is 0.263. The van der Waals surface area contributed by atoms with Crippen molar-refractivity contribution in [3.05, 3.63) is 65.2 Å². The molecular weight excluding hydrogens is 305 g/mol. The standard InChI is InChI=1S/C19H20FN3O/c1-14-12-17(6-9-21-14)22-19(24)23-10-7-15(8-11-23)13-16-4-2-3-5-18(16)20/h2-6,9,12-13H,7-8,10-11H2,1H3,(H,21,22,24). The zero-order chi connectivity index (χ0) is 16.9. The van der Waals surface area contributed by atoms with Crippen molar-refractivity contribution in [2.75, 3.05) is 18.4 Å². The van der Waals surface area contributed by atoms with Crippen molar-refractivity contribution in [2.24, 2.45) is 0 Å². The van der Waals surface area contributed by atoms with Crippen molar-refractivity contribution in [1.29, 1.82) is 0 Å². The lowest BCUT2D eigenvalue weighted by Gasteiger charge is -2.28. The number of amides is 2. The molecule has 24 heavy (non-hydrogen) atoms. The summed E-state index contributed by atoms with van der Waals surface area (Å²) in [5, 5.41) is 2.89. The van der Waals surface area contributed by atoms with Crippen LogP contribution in [0, 0.1) is 12.7 Å². The van der Waals surface area contributed by atoms with Crippen LogP contribution in [-0.4, -0.2) is 29.0 Å². The lowest BCUT2D eigenvalue weighted by Crippen LogP contribution is -2.39. The molecule has 0 bridgehead atoms. The smallest absolute Gasteiger partial charge is 0.321 e. The minimum Gasteiger partial charge on any atom is -0.324 e. The molecule has 0 spiro atoms. The molecule has 4 nitrogen and oxygen atoms in total. The molecule has 1 aromatic carbocycles. The number of piperidine rings is 1. The van der Waals surface area contributed by atoms with Crippen LogP contribution in [0.25, 0.3) is 6.08 Å². The lowest BCUT2D eigenvalue weighted by molar-refractivity contribution is 0.208. The van der Waals surface area contributed by atoms with Crippen LogP contribution < -0.4 is 5.32 Å². The highest BCUT2D eigenvalue weighted by atomic mass is 19.1. The number of urea groups is 1. The molecular formula is C19H20FN3O. The van der Waals surface area contributed by atoms with Gasteiger partial charge in [0.05, 0.1) is 0 Å². The molecule has 2 aromatic rings. The number of anilines is 1. The van der Waals surface area contributed by atoms with Gasteiger partial charge in [0.2, 0.25) is 0 Å². The number of halogens is 1. The third kappa shape index (κ3) is 3.98. The molecule has 0 radical (unpaired) electrons. The summed E-state index contributed by atoms with van der Waals surface area (Å²) in [4.78, 5) is 18.2. The van der Waals surface area contributed by atoms with E-state index < -0.39 is 0 Å². The van der Waals surface area contributed by atoms with Gasteiger partial charge in [0.25, 0.3) is 0 Å². The Bertz CT molecular complexity index is 763. The number of aromatic nitrogens is 1. The van der Waals surface area contributed by atoms with Crippen molar-refractivity contribution in [2.45, 2.75) is 19.8 Å². The van der Waals surface area contributed by atoms with E-state index in [0.717, 1.165) is 24.2 Å². The van der Waals surface area contributed by atoms with Gasteiger partial charge in [-0.15, -0.1) is 0 Å². The second-order valence-electron chi connectivity index (χ2n) is 5.93. The predicted octanol–water partition coefficient (Wildman–Crippen LogP) is 4.24. The van der Waals surface area contributed by atoms with Crippen LogP contribution in [0.2, 0.25) is 0 Å². The number of benzene rings is 1. The topological polar surface area (TPSA) is 45.2 Å². The van der Waals surface area contributed by atoms with Crippen molar-refractivity contribution < 1.29 is 9.18 Å². The average molecular weight is 325 g/mol. The second-order valence-corrected chi connectivity index (χ2v) is 5.93. The largest absolute Gasteiger partial charge is 0.324 e. The Morgan fingerprint density at radius 3 is 2.71 bits per heavy atom. The first-order chi connectivity index (χ1) is 11.6. The first kappa shape index (κ1) is 16.2. The highest BCUT2D eigenvalue weighted by Gasteiger charge is 2.19. The summed E-state index contributed by atoms with van der Waals surface area (Å²) in [6, 6.07) is 10.3. The van der Waals surface area contributed by atoms with Gasteiger partial charge in [-0.25, -0.2) is 9.18 Å². The monoisotopic (exact) mass is 325 g/mol. The third-order valence-electron chi connectivity index (χ3n) is 4.11. The number of carbonyl (C=O) groups excluding carboxylic acids is 1. The highest BCUT2D eigenvalue weighted by Crippen LogP contribution is 2.21. The number of pyridine rings is 1. The summed E-state index contributed by atoms with van der Waals surface area (Å²) >= 11 is 0. The van der Waals surface area contributed by atoms with E-state index in [1.54, 1.807) is 29.3 Å². The number of nitrogens with one attached hydrogen (secondary N) is 1. The van der Waals surface area contributed by atoms with Crippen molar-refractivity contribution in [3.8, 4) is 0 Å². The van der Waals surface area contributed by atoms with Gasteiger partial charge < -0.3 is 10.2 Å². The van der Waals surface area contributed by atoms with Gasteiger partial charge in [-0.1, -0.05) is 29.8 Å². The molecule has 1 aliphatic rings. The summed E-state index contributed by atoms with van der Waals surface area (Å²) in [7, 11) is 0. The number of nitrogens with zero attached hydrogens (tertiary/aromatic N) is 2. The normalized spacial score (nSPS) is 14.4. The second kappa shape index (κ2) is 7.25. The summed E-state index contributed by atoms with van der Waals surface area (Å²) in [5.74, 6) is -0.210. The van der Waals surface area contributed by atoms with Gasteiger partial charge >= 0.3 is 6.03 Å². The lowest BCUT2D eigenvalue weighted by atomic mass is 10.0. The van der Waals surface area contributed by atoms with Crippen LogP contribution in [0.4, 0.5) is 14.9 Å². The van der Waals surface area contributed by atoms with Crippen molar-refractivity contribution in [3.63, 3.8) is 0 Å². The van der Waals surface area contributed by atoms with E-state index in [1.165, 1.54) is 11.6 Å². The molecule has 1 fully saturated rings. The van der Waals surface area contributed by atoms with Crippen LogP contribution >= 0.6 is 0 Å². The maximum Gasteiger partial charge on any atom is 0.321 e. The van der Waals surface area contributed by atoms with E-state index in [2.05, 4.69) is 10.3 Å². The summed E-state index contributed by atoms with van der Waals surface area (Å²) < 4.78 is 13.7. The molecule has 1 N–H and O–H groups in total. The van der Waals surface area contributed by atoms with E-state index >= 15 is 0 Å². The van der Waals surface area contributed by atoms with Crippen LogP contribution in [0.1, 0.15) is 24.1 Å². The summed E-state index contributed by atoms with van der Waals surface area (Å²) in [6.45, 7) is 3.16. The first-order valence-electron chi connectivity index (χ1n) is 8.04. The van der Waals surface area contributed by atoms with Crippen LogP contribution in [0.5, 0.6) is 0 Å². The zero-order valence-electron chi connectivity index (χ0n) is 13.6. The quantitative estimate of drug-likeness (QED) is 0.897. The zero-order valence-corrected chi connectivity index (χ0v) is 13.6. The van der Waals surface area contributed by atoms with Crippen LogP contribution in [-0.2, 0) is 0 Å². The molecule has 0 unspecified atom stereocenters. The van der Waals surface area contributed by atoms with Crippen LogP contribution in [0.15, 0.2) is 48.2 Å². The van der Waals surface area contributed by atoms with E-state index in [-0.39, 0.29) is 11.8 Å². The SMILES string of the molecule is Cc1cc(NC(=O)N2CCC(=Cc3ccccc3F)CC2)ccn1. The average Bonchev–Trinajstić information content (AvgIpc) is 2.57. The van der Waals surface area contributed by atoms with E-state index in [0.29, 0.717) is 18.7 Å². The minimum atomic E-state index is -0.210. The summed E-state index contributed by atoms with van der Waals surface area (Å²) in [6.07, 6.45) is 5.10. The Balaban J connectivity index is 1.58. The molecule has 1 saturated heterocycles. The van der Waals surface area contributed by atoms with E-state index in [4.69, 9.17) is 0 Å². The molecule has 2 heterocycles. The number of hydrogen-bond donors (Lipinski definition) is 1. The molecule has 0 aliphatic carbocycles. The number of carbonyl (C=O) groups is 1. The molecule has 0 saturated carbocycles. The third-order valence-corrected chi connectivity index (χ3v) is 4.11. The van der Waals surface area contributed by atoms with Crippen molar-refractivity contribution >= 4 is 17.8 Å². The first-order valence-corrected chi connectivity index (χ1v) is 8.04. The van der Waals surface area contributed by atoms with Crippen molar-refractivity contribution in [1.82, 2.24) is 9.88 Å². The molecule has 0 atom stereocenters. The Hall–Kier alpha value is -2.69. The number of hydrogen-bond acceptors (Lipinski definition) is 2. The van der Waals surface area contributed by atoms with Gasteiger partial charge in [0.15, 0.2) is 0 Å². The minimum absolute atomic E-state index is 0.106. The summed E-state index contributed by atoms with van der Waals surface area (Å²) in [5.41, 5.74) is 3.39. The molecule has 3 rings (SSSR count). The number of rotatable bonds is 2. The van der Waals surface area contributed by atoms with Gasteiger partial charge in [0, 0.05) is 36.2 Å². The molecule has 1 aliphatic heterocycles. The molecule has 2 amide bonds. The van der Waals surface area contributed by atoms with Gasteiger partial charge in [0.1, 0.15) is 5.82 Å². The molecule has 124 valence electrons. The number of aryl methyl sites for hydroxylation is 1. The van der Waals surface area contributed by atoms with E-state index in [9.17, 15) is 9.18 Å². The highest BCUT2D eigenvalue weighted by molar-refractivity contribution is 5.89. The fourth-order valence-electron chi connectivity index (χ4n) is 2.78. The van der Waals surface area contributed by atoms with E-state index in [1.807, 2.05) is 25.1 Å². The fourth-order valence-corrected chi connectivity index (χ4v) is 2.78. The maximum atomic E-state index is 13.7. The maximum absolute atomic E-state index is 13.7.